The number of aromatic nitrogens is 2. The standard InChI is InChI=1S/C12H18N4O3S/c1-10-13-3-2-11(15-10)12(17)14-4-5-16-6-8-20(18,19)9-7-16/h2-3H,4-9H2,1H3,(H,14,17). The first-order valence-corrected chi connectivity index (χ1v) is 8.29. The van der Waals surface area contributed by atoms with Crippen LogP contribution in [0.25, 0.3) is 0 Å². The Balaban J connectivity index is 1.75. The lowest BCUT2D eigenvalue weighted by molar-refractivity contribution is 0.0943. The zero-order valence-corrected chi connectivity index (χ0v) is 12.2. The largest absolute Gasteiger partial charge is 0.349 e. The summed E-state index contributed by atoms with van der Waals surface area (Å²) < 4.78 is 22.6. The molecule has 0 spiro atoms. The second-order valence-corrected chi connectivity index (χ2v) is 7.04. The van der Waals surface area contributed by atoms with Crippen LogP contribution in [0.2, 0.25) is 0 Å². The second kappa shape index (κ2) is 6.27. The summed E-state index contributed by atoms with van der Waals surface area (Å²) in [6.45, 7) is 3.91. The predicted molar refractivity (Wildman–Crippen MR) is 74.2 cm³/mol. The number of rotatable bonds is 4. The van der Waals surface area contributed by atoms with Gasteiger partial charge in [0.2, 0.25) is 0 Å². The maximum absolute atomic E-state index is 11.8. The number of hydrogen-bond donors (Lipinski definition) is 1. The molecule has 0 aliphatic carbocycles. The highest BCUT2D eigenvalue weighted by Crippen LogP contribution is 2.02. The molecule has 1 aliphatic rings. The lowest BCUT2D eigenvalue weighted by Gasteiger charge is -2.26. The molecule has 0 saturated carbocycles. The van der Waals surface area contributed by atoms with Crippen LogP contribution >= 0.6 is 0 Å². The second-order valence-electron chi connectivity index (χ2n) is 4.74. The minimum atomic E-state index is -2.85. The van der Waals surface area contributed by atoms with Crippen LogP contribution in [0.4, 0.5) is 0 Å². The molecule has 1 N–H and O–H groups in total. The molecule has 0 aromatic carbocycles. The third-order valence-corrected chi connectivity index (χ3v) is 4.77. The van der Waals surface area contributed by atoms with Crippen molar-refractivity contribution in [2.45, 2.75) is 6.92 Å². The quantitative estimate of drug-likeness (QED) is 0.786. The number of aryl methyl sites for hydroxylation is 1. The highest BCUT2D eigenvalue weighted by molar-refractivity contribution is 7.91. The van der Waals surface area contributed by atoms with Crippen molar-refractivity contribution in [1.82, 2.24) is 20.2 Å². The van der Waals surface area contributed by atoms with Gasteiger partial charge < -0.3 is 5.32 Å². The maximum Gasteiger partial charge on any atom is 0.270 e. The summed E-state index contributed by atoms with van der Waals surface area (Å²) in [6.07, 6.45) is 1.55. The Bertz CT molecular complexity index is 574. The van der Waals surface area contributed by atoms with Gasteiger partial charge in [0.1, 0.15) is 11.5 Å². The Morgan fingerprint density at radius 2 is 2.10 bits per heavy atom. The monoisotopic (exact) mass is 298 g/mol. The van der Waals surface area contributed by atoms with Crippen LogP contribution in [0.3, 0.4) is 0 Å². The first-order chi connectivity index (χ1) is 9.46. The molecule has 1 aromatic heterocycles. The lowest BCUT2D eigenvalue weighted by Crippen LogP contribution is -2.43. The Morgan fingerprint density at radius 3 is 2.75 bits per heavy atom. The molecule has 2 rings (SSSR count). The molecule has 20 heavy (non-hydrogen) atoms. The molecule has 0 radical (unpaired) electrons. The number of nitrogens with one attached hydrogen (secondary N) is 1. The van der Waals surface area contributed by atoms with Crippen LogP contribution < -0.4 is 5.32 Å². The van der Waals surface area contributed by atoms with E-state index in [2.05, 4.69) is 15.3 Å². The van der Waals surface area contributed by atoms with Gasteiger partial charge in [-0.3, -0.25) is 9.69 Å². The van der Waals surface area contributed by atoms with E-state index >= 15 is 0 Å². The first-order valence-electron chi connectivity index (χ1n) is 6.47. The maximum atomic E-state index is 11.8. The molecular weight excluding hydrogens is 280 g/mol. The minimum Gasteiger partial charge on any atom is -0.349 e. The van der Waals surface area contributed by atoms with Gasteiger partial charge in [-0.05, 0) is 13.0 Å². The van der Waals surface area contributed by atoms with Gasteiger partial charge in [-0.15, -0.1) is 0 Å². The van der Waals surface area contributed by atoms with Gasteiger partial charge in [0, 0.05) is 32.4 Å². The van der Waals surface area contributed by atoms with Crippen LogP contribution in [0.5, 0.6) is 0 Å². The molecule has 0 atom stereocenters. The van der Waals surface area contributed by atoms with E-state index in [1.807, 2.05) is 4.90 Å². The van der Waals surface area contributed by atoms with Gasteiger partial charge in [0.25, 0.3) is 5.91 Å². The number of amides is 1. The number of hydrogen-bond acceptors (Lipinski definition) is 6. The number of sulfone groups is 1. The van der Waals surface area contributed by atoms with Crippen LogP contribution in [0, 0.1) is 6.92 Å². The minimum absolute atomic E-state index is 0.200. The van der Waals surface area contributed by atoms with Crippen LogP contribution in [0.15, 0.2) is 12.3 Å². The van der Waals surface area contributed by atoms with E-state index in [1.165, 1.54) is 0 Å². The van der Waals surface area contributed by atoms with Gasteiger partial charge in [-0.25, -0.2) is 18.4 Å². The molecule has 2 heterocycles. The molecule has 1 saturated heterocycles. The molecule has 1 aliphatic heterocycles. The van der Waals surface area contributed by atoms with Crippen molar-refractivity contribution >= 4 is 15.7 Å². The van der Waals surface area contributed by atoms with Crippen molar-refractivity contribution in [3.05, 3.63) is 23.8 Å². The Kier molecular flexibility index (Phi) is 4.66. The smallest absolute Gasteiger partial charge is 0.270 e. The van der Waals surface area contributed by atoms with Crippen LogP contribution in [-0.2, 0) is 9.84 Å². The van der Waals surface area contributed by atoms with E-state index in [-0.39, 0.29) is 17.4 Å². The summed E-state index contributed by atoms with van der Waals surface area (Å²) in [6, 6.07) is 1.57. The SMILES string of the molecule is Cc1nccc(C(=O)NCCN2CCS(=O)(=O)CC2)n1. The highest BCUT2D eigenvalue weighted by Gasteiger charge is 2.21. The van der Waals surface area contributed by atoms with Crippen molar-refractivity contribution < 1.29 is 13.2 Å². The molecule has 0 bridgehead atoms. The predicted octanol–water partition coefficient (Wildman–Crippen LogP) is -0.755. The van der Waals surface area contributed by atoms with E-state index < -0.39 is 9.84 Å². The molecule has 8 heteroatoms. The summed E-state index contributed by atoms with van der Waals surface area (Å²) in [5, 5.41) is 2.77. The van der Waals surface area contributed by atoms with Gasteiger partial charge in [0.15, 0.2) is 9.84 Å². The summed E-state index contributed by atoms with van der Waals surface area (Å²) in [4.78, 5) is 21.8. The third-order valence-electron chi connectivity index (χ3n) is 3.16. The van der Waals surface area contributed by atoms with E-state index in [1.54, 1.807) is 19.2 Å². The molecule has 1 aromatic rings. The summed E-state index contributed by atoms with van der Waals surface area (Å²) >= 11 is 0. The van der Waals surface area contributed by atoms with Crippen LogP contribution in [0.1, 0.15) is 16.3 Å². The number of carbonyl (C=O) groups excluding carboxylic acids is 1. The normalized spacial score (nSPS) is 18.6. The van der Waals surface area contributed by atoms with Crippen molar-refractivity contribution in [3.8, 4) is 0 Å². The molecule has 1 amide bonds. The fourth-order valence-corrected chi connectivity index (χ4v) is 3.25. The van der Waals surface area contributed by atoms with Gasteiger partial charge in [-0.1, -0.05) is 0 Å². The number of carbonyl (C=O) groups is 1. The zero-order valence-electron chi connectivity index (χ0n) is 11.4. The van der Waals surface area contributed by atoms with Gasteiger partial charge >= 0.3 is 0 Å². The Hall–Kier alpha value is -1.54. The first kappa shape index (κ1) is 14.9. The lowest BCUT2D eigenvalue weighted by atomic mass is 10.3. The van der Waals surface area contributed by atoms with E-state index in [0.717, 1.165) is 0 Å². The molecule has 0 unspecified atom stereocenters. The Morgan fingerprint density at radius 1 is 1.40 bits per heavy atom. The van der Waals surface area contributed by atoms with E-state index in [9.17, 15) is 13.2 Å². The average Bonchev–Trinajstić information content (AvgIpc) is 2.40. The van der Waals surface area contributed by atoms with Crippen LogP contribution in [-0.4, -0.2) is 66.9 Å². The van der Waals surface area contributed by atoms with Crippen molar-refractivity contribution in [2.75, 3.05) is 37.7 Å². The topological polar surface area (TPSA) is 92.3 Å². The van der Waals surface area contributed by atoms with Gasteiger partial charge in [0.05, 0.1) is 11.5 Å². The molecule has 110 valence electrons. The number of nitrogens with zero attached hydrogens (tertiary/aromatic N) is 3. The zero-order chi connectivity index (χ0) is 14.6. The van der Waals surface area contributed by atoms with Crippen molar-refractivity contribution in [3.63, 3.8) is 0 Å². The summed E-state index contributed by atoms with van der Waals surface area (Å²) in [7, 11) is -2.85. The van der Waals surface area contributed by atoms with E-state index in [4.69, 9.17) is 0 Å². The molecular formula is C12H18N4O3S. The van der Waals surface area contributed by atoms with Crippen molar-refractivity contribution in [2.24, 2.45) is 0 Å². The fourth-order valence-electron chi connectivity index (χ4n) is 1.97. The van der Waals surface area contributed by atoms with Gasteiger partial charge in [-0.2, -0.15) is 0 Å². The fraction of sp³-hybridized carbons (Fsp3) is 0.583. The Labute approximate surface area is 118 Å². The summed E-state index contributed by atoms with van der Waals surface area (Å²) in [5.74, 6) is 0.719. The molecule has 1 fully saturated rings. The van der Waals surface area contributed by atoms with E-state index in [0.29, 0.717) is 37.7 Å². The summed E-state index contributed by atoms with van der Waals surface area (Å²) in [5.41, 5.74) is 0.346. The van der Waals surface area contributed by atoms with Crippen molar-refractivity contribution in [1.29, 1.82) is 0 Å². The average molecular weight is 298 g/mol. The molecule has 7 nitrogen and oxygen atoms in total. The highest BCUT2D eigenvalue weighted by atomic mass is 32.2. The third kappa shape index (κ3) is 4.24.